The largest absolute Gasteiger partial charge is 0.318 e. The Morgan fingerprint density at radius 3 is 2.22 bits per heavy atom. The highest BCUT2D eigenvalue weighted by atomic mass is 32.1. The van der Waals surface area contributed by atoms with Crippen LogP contribution < -0.4 is 0 Å². The average Bonchev–Trinajstić information content (AvgIpc) is 1.86. The maximum atomic E-state index is 12.0. The van der Waals surface area contributed by atoms with Crippen LogP contribution in [0.2, 0.25) is 0 Å². The number of alkyl halides is 2. The normalized spacial score (nSPS) is 11.1. The minimum atomic E-state index is -3.32. The summed E-state index contributed by atoms with van der Waals surface area (Å²) < 4.78 is 35.0. The van der Waals surface area contributed by atoms with Gasteiger partial charge in [0.15, 0.2) is 0 Å². The van der Waals surface area contributed by atoms with E-state index in [1.54, 1.807) is 0 Å². The summed E-state index contributed by atoms with van der Waals surface area (Å²) in [6.07, 6.45) is -0.546. The molecule has 0 heterocycles. The van der Waals surface area contributed by atoms with Crippen LogP contribution in [0.4, 0.5) is 13.3 Å². The Labute approximate surface area is 55.7 Å². The second-order valence-electron chi connectivity index (χ2n) is 1.42. The van der Waals surface area contributed by atoms with Crippen molar-refractivity contribution >= 4 is 17.3 Å². The van der Waals surface area contributed by atoms with Crippen LogP contribution in [0.25, 0.3) is 0 Å². The van der Waals surface area contributed by atoms with Crippen molar-refractivity contribution in [3.63, 3.8) is 0 Å². The maximum Gasteiger partial charge on any atom is 0.318 e. The highest BCUT2D eigenvalue weighted by Crippen LogP contribution is 2.20. The van der Waals surface area contributed by atoms with Gasteiger partial charge in [-0.25, -0.2) is 0 Å². The van der Waals surface area contributed by atoms with Crippen molar-refractivity contribution in [3.05, 3.63) is 0 Å². The third kappa shape index (κ3) is 2.17. The lowest BCUT2D eigenvalue weighted by molar-refractivity contribution is -0.0621. The van der Waals surface area contributed by atoms with E-state index in [2.05, 4.69) is 17.2 Å². The molecule has 0 saturated heterocycles. The predicted molar refractivity (Wildman–Crippen MR) is 30.0 cm³/mol. The Morgan fingerprint density at radius 2 is 2.11 bits per heavy atom. The monoisotopic (exact) mass is 158 g/mol. The molecule has 0 bridgehead atoms. The highest BCUT2D eigenvalue weighted by molar-refractivity contribution is 7.80. The zero-order chi connectivity index (χ0) is 7.49. The second kappa shape index (κ2) is 3.00. The van der Waals surface area contributed by atoms with Gasteiger partial charge in [-0.15, -0.1) is 0 Å². The molecule has 5 heteroatoms. The van der Waals surface area contributed by atoms with Crippen LogP contribution in [0.5, 0.6) is 0 Å². The molecule has 0 aromatic heterocycles. The molecule has 9 heavy (non-hydrogen) atoms. The quantitative estimate of drug-likeness (QED) is 0.570. The summed E-state index contributed by atoms with van der Waals surface area (Å²) >= 11 is 3.84. The van der Waals surface area contributed by atoms with Crippen molar-refractivity contribution in [1.82, 2.24) is 0 Å². The van der Waals surface area contributed by atoms with Crippen LogP contribution in [-0.2, 0) is 4.94 Å². The van der Waals surface area contributed by atoms with Crippen LogP contribution in [0.1, 0.15) is 13.3 Å². The number of hydrogen-bond acceptors (Lipinski definition) is 2. The Balaban J connectivity index is 3.97. The summed E-state index contributed by atoms with van der Waals surface area (Å²) in [5, 5.41) is -1.30. The maximum absolute atomic E-state index is 12.0. The van der Waals surface area contributed by atoms with Crippen LogP contribution in [0.15, 0.2) is 0 Å². The molecule has 1 nitrogen and oxygen atoms in total. The lowest BCUT2D eigenvalue weighted by Gasteiger charge is -2.09. The minimum absolute atomic E-state index is 0.546. The van der Waals surface area contributed by atoms with Gasteiger partial charge in [-0.1, -0.05) is 6.92 Å². The first-order chi connectivity index (χ1) is 4.04. The number of halogens is 3. The number of rotatable bonds is 2. The summed E-state index contributed by atoms with van der Waals surface area (Å²) in [4.78, 5) is 2.69. The zero-order valence-corrected chi connectivity index (χ0v) is 5.47. The summed E-state index contributed by atoms with van der Waals surface area (Å²) in [7, 11) is 0. The molecule has 0 aromatic rings. The Morgan fingerprint density at radius 1 is 1.67 bits per heavy atom. The molecule has 0 unspecified atom stereocenters. The van der Waals surface area contributed by atoms with Crippen molar-refractivity contribution in [1.29, 1.82) is 0 Å². The van der Waals surface area contributed by atoms with Crippen molar-refractivity contribution < 1.29 is 18.2 Å². The Hall–Kier alpha value is -0.320. The average molecular weight is 158 g/mol. The van der Waals surface area contributed by atoms with E-state index in [0.29, 0.717) is 0 Å². The van der Waals surface area contributed by atoms with E-state index in [4.69, 9.17) is 0 Å². The van der Waals surface area contributed by atoms with Gasteiger partial charge in [-0.3, -0.25) is 4.94 Å². The van der Waals surface area contributed by atoms with Crippen LogP contribution in [-0.4, -0.2) is 11.0 Å². The standard InChI is InChI=1S/C4H5F3OS/c1-2-4(5,6)3(9)8-7/h2H2,1H3. The summed E-state index contributed by atoms with van der Waals surface area (Å²) in [6, 6.07) is 0. The van der Waals surface area contributed by atoms with Gasteiger partial charge >= 0.3 is 5.92 Å². The second-order valence-corrected chi connectivity index (χ2v) is 1.79. The van der Waals surface area contributed by atoms with Crippen LogP contribution >= 0.6 is 12.2 Å². The molecule has 0 N–H and O–H groups in total. The third-order valence-corrected chi connectivity index (χ3v) is 1.17. The first-order valence-corrected chi connectivity index (χ1v) is 2.66. The first-order valence-electron chi connectivity index (χ1n) is 2.25. The molecule has 54 valence electrons. The van der Waals surface area contributed by atoms with Gasteiger partial charge in [0.2, 0.25) is 0 Å². The molecule has 0 amide bonds. The lowest BCUT2D eigenvalue weighted by Crippen LogP contribution is -2.25. The van der Waals surface area contributed by atoms with Gasteiger partial charge in [0.25, 0.3) is 5.05 Å². The molecule has 0 aliphatic carbocycles. The van der Waals surface area contributed by atoms with E-state index in [1.807, 2.05) is 0 Å². The van der Waals surface area contributed by atoms with E-state index in [9.17, 15) is 13.3 Å². The van der Waals surface area contributed by atoms with Gasteiger partial charge in [0, 0.05) is 10.9 Å². The van der Waals surface area contributed by atoms with E-state index in [1.165, 1.54) is 6.92 Å². The minimum Gasteiger partial charge on any atom is -0.280 e. The summed E-state index contributed by atoms with van der Waals surface area (Å²) in [6.45, 7) is 1.19. The topological polar surface area (TPSA) is 9.23 Å². The lowest BCUT2D eigenvalue weighted by atomic mass is 10.3. The van der Waals surface area contributed by atoms with Crippen molar-refractivity contribution in [2.45, 2.75) is 19.3 Å². The van der Waals surface area contributed by atoms with E-state index >= 15 is 0 Å². The smallest absolute Gasteiger partial charge is 0.280 e. The van der Waals surface area contributed by atoms with Gasteiger partial charge in [0.1, 0.15) is 0 Å². The molecule has 0 atom stereocenters. The molecule has 0 spiro atoms. The van der Waals surface area contributed by atoms with Crippen molar-refractivity contribution in [2.75, 3.05) is 0 Å². The van der Waals surface area contributed by atoms with Gasteiger partial charge in [0.05, 0.1) is 0 Å². The highest BCUT2D eigenvalue weighted by Gasteiger charge is 2.35. The molecular formula is C4H5F3OS. The fourth-order valence-electron chi connectivity index (χ4n) is 0.201. The molecule has 0 rings (SSSR count). The van der Waals surface area contributed by atoms with E-state index in [0.717, 1.165) is 0 Å². The Kier molecular flexibility index (Phi) is 2.90. The summed E-state index contributed by atoms with van der Waals surface area (Å²) in [5.41, 5.74) is 0. The number of thiocarbonyl (C=S) groups is 1. The summed E-state index contributed by atoms with van der Waals surface area (Å²) in [5.74, 6) is -3.32. The molecule has 0 aliphatic heterocycles. The molecule has 0 aromatic carbocycles. The van der Waals surface area contributed by atoms with Crippen LogP contribution in [0.3, 0.4) is 0 Å². The molecule has 0 saturated carbocycles. The van der Waals surface area contributed by atoms with Gasteiger partial charge in [-0.05, 0) is 12.2 Å². The predicted octanol–water partition coefficient (Wildman–Crippen LogP) is 2.26. The third-order valence-electron chi connectivity index (χ3n) is 0.813. The van der Waals surface area contributed by atoms with Crippen molar-refractivity contribution in [2.24, 2.45) is 0 Å². The van der Waals surface area contributed by atoms with Gasteiger partial charge < -0.3 is 0 Å². The SMILES string of the molecule is CCC(F)(F)C(=S)OF. The molecule has 0 fully saturated rings. The fourth-order valence-corrected chi connectivity index (χ4v) is 0.345. The fraction of sp³-hybridized carbons (Fsp3) is 0.750. The number of hydrogen-bond donors (Lipinski definition) is 0. The van der Waals surface area contributed by atoms with Crippen molar-refractivity contribution in [3.8, 4) is 0 Å². The van der Waals surface area contributed by atoms with Crippen LogP contribution in [0, 0.1) is 0 Å². The molecule has 0 radical (unpaired) electrons. The Bertz CT molecular complexity index is 114. The zero-order valence-electron chi connectivity index (χ0n) is 4.66. The molecule has 0 aliphatic rings. The molecular weight excluding hydrogens is 153 g/mol. The first kappa shape index (κ1) is 8.68. The van der Waals surface area contributed by atoms with E-state index in [-0.39, 0.29) is 0 Å². The van der Waals surface area contributed by atoms with Gasteiger partial charge in [-0.2, -0.15) is 8.78 Å². The van der Waals surface area contributed by atoms with E-state index < -0.39 is 17.4 Å².